The van der Waals surface area contributed by atoms with E-state index in [1.54, 1.807) is 0 Å². The molecule has 28 heavy (non-hydrogen) atoms. The highest BCUT2D eigenvalue weighted by atomic mass is 14.8. The molecule has 0 aliphatic carbocycles. The fourth-order valence-electron chi connectivity index (χ4n) is 3.74. The van der Waals surface area contributed by atoms with Crippen LogP contribution in [0.25, 0.3) is 44.3 Å². The maximum atomic E-state index is 5.02. The van der Waals surface area contributed by atoms with Gasteiger partial charge in [0.15, 0.2) is 0 Å². The van der Waals surface area contributed by atoms with Crippen LogP contribution in [0.5, 0.6) is 0 Å². The summed E-state index contributed by atoms with van der Waals surface area (Å²) in [5, 5.41) is 2.22. The van der Waals surface area contributed by atoms with Gasteiger partial charge >= 0.3 is 0 Å². The first-order valence-electron chi connectivity index (χ1n) is 9.53. The molecular weight excluding hydrogens is 340 g/mol. The van der Waals surface area contributed by atoms with E-state index in [1.807, 2.05) is 0 Å². The van der Waals surface area contributed by atoms with E-state index < -0.39 is 0 Å². The van der Waals surface area contributed by atoms with Gasteiger partial charge < -0.3 is 0 Å². The Hall–Kier alpha value is -3.52. The quantitative estimate of drug-likeness (QED) is 0.326. The predicted octanol–water partition coefficient (Wildman–Crippen LogP) is 6.73. The molecule has 0 unspecified atom stereocenters. The minimum absolute atomic E-state index is 0.951. The van der Waals surface area contributed by atoms with Gasteiger partial charge in [0.2, 0.25) is 0 Å². The number of pyridine rings is 2. The molecule has 0 N–H and O–H groups in total. The van der Waals surface area contributed by atoms with Crippen molar-refractivity contribution in [3.05, 3.63) is 96.1 Å². The summed E-state index contributed by atoms with van der Waals surface area (Å²) in [5.74, 6) is 0. The van der Waals surface area contributed by atoms with Crippen molar-refractivity contribution < 1.29 is 0 Å². The molecule has 0 fully saturated rings. The SMILES string of the molecule is Cc1cccc(-c2ccc3ccc4ccc(-c5ccccc5C)nc4c3n2)c1. The van der Waals surface area contributed by atoms with Gasteiger partial charge in [0.25, 0.3) is 0 Å². The summed E-state index contributed by atoms with van der Waals surface area (Å²) in [4.78, 5) is 10.0. The summed E-state index contributed by atoms with van der Waals surface area (Å²) >= 11 is 0. The maximum Gasteiger partial charge on any atom is 0.0972 e. The van der Waals surface area contributed by atoms with Crippen LogP contribution >= 0.6 is 0 Å². The minimum Gasteiger partial charge on any atom is -0.245 e. The van der Waals surface area contributed by atoms with Crippen molar-refractivity contribution in [1.29, 1.82) is 0 Å². The second-order valence-electron chi connectivity index (χ2n) is 7.29. The third kappa shape index (κ3) is 2.84. The normalized spacial score (nSPS) is 11.2. The maximum absolute atomic E-state index is 5.02. The highest BCUT2D eigenvalue weighted by Gasteiger charge is 2.09. The molecule has 0 spiro atoms. The Labute approximate surface area is 164 Å². The zero-order chi connectivity index (χ0) is 19.1. The highest BCUT2D eigenvalue weighted by Crippen LogP contribution is 2.29. The standard InChI is InChI=1S/C26H20N2/c1-17-6-5-8-21(16-17)23-14-12-19-10-11-20-13-15-24(28-26(20)25(19)27-23)22-9-4-3-7-18(22)2/h3-16H,1-2H3. The van der Waals surface area contributed by atoms with E-state index in [0.717, 1.165) is 44.3 Å². The van der Waals surface area contributed by atoms with Gasteiger partial charge in [-0.1, -0.05) is 72.3 Å². The molecule has 0 bridgehead atoms. The lowest BCUT2D eigenvalue weighted by molar-refractivity contribution is 1.34. The number of hydrogen-bond acceptors (Lipinski definition) is 2. The van der Waals surface area contributed by atoms with Crippen LogP contribution in [0.3, 0.4) is 0 Å². The lowest BCUT2D eigenvalue weighted by Crippen LogP contribution is -1.92. The third-order valence-corrected chi connectivity index (χ3v) is 5.25. The van der Waals surface area contributed by atoms with Crippen LogP contribution in [0, 0.1) is 13.8 Å². The molecule has 0 saturated carbocycles. The Bertz CT molecular complexity index is 1340. The van der Waals surface area contributed by atoms with Gasteiger partial charge in [0, 0.05) is 21.9 Å². The van der Waals surface area contributed by atoms with Crippen molar-refractivity contribution in [2.45, 2.75) is 13.8 Å². The van der Waals surface area contributed by atoms with Crippen LogP contribution < -0.4 is 0 Å². The molecule has 0 aliphatic heterocycles. The van der Waals surface area contributed by atoms with E-state index in [9.17, 15) is 0 Å². The average Bonchev–Trinajstić information content (AvgIpc) is 2.73. The Morgan fingerprint density at radius 3 is 1.93 bits per heavy atom. The van der Waals surface area contributed by atoms with E-state index >= 15 is 0 Å². The fraction of sp³-hybridized carbons (Fsp3) is 0.0769. The molecule has 5 aromatic rings. The Kier molecular flexibility index (Phi) is 3.91. The number of benzene rings is 3. The van der Waals surface area contributed by atoms with Crippen molar-refractivity contribution in [3.63, 3.8) is 0 Å². The number of aromatic nitrogens is 2. The second-order valence-corrected chi connectivity index (χ2v) is 7.29. The number of nitrogens with zero attached hydrogens (tertiary/aromatic N) is 2. The highest BCUT2D eigenvalue weighted by molar-refractivity contribution is 6.04. The van der Waals surface area contributed by atoms with Gasteiger partial charge in [-0.25, -0.2) is 9.97 Å². The minimum atomic E-state index is 0.951. The van der Waals surface area contributed by atoms with Crippen molar-refractivity contribution in [1.82, 2.24) is 9.97 Å². The topological polar surface area (TPSA) is 25.8 Å². The molecule has 0 atom stereocenters. The lowest BCUT2D eigenvalue weighted by Gasteiger charge is -2.09. The van der Waals surface area contributed by atoms with Crippen LogP contribution in [0.1, 0.15) is 11.1 Å². The fourth-order valence-corrected chi connectivity index (χ4v) is 3.74. The van der Waals surface area contributed by atoms with Gasteiger partial charge in [0.05, 0.1) is 22.4 Å². The molecule has 5 rings (SSSR count). The number of fused-ring (bicyclic) bond motifs is 3. The van der Waals surface area contributed by atoms with Crippen LogP contribution in [0.15, 0.2) is 84.9 Å². The molecule has 0 radical (unpaired) electrons. The molecule has 134 valence electrons. The zero-order valence-electron chi connectivity index (χ0n) is 16.0. The smallest absolute Gasteiger partial charge is 0.0972 e. The van der Waals surface area contributed by atoms with Gasteiger partial charge in [-0.2, -0.15) is 0 Å². The van der Waals surface area contributed by atoms with E-state index in [-0.39, 0.29) is 0 Å². The van der Waals surface area contributed by atoms with Gasteiger partial charge in [-0.05, 0) is 37.6 Å². The number of aryl methyl sites for hydroxylation is 2. The zero-order valence-corrected chi connectivity index (χ0v) is 16.0. The first kappa shape index (κ1) is 16.6. The molecule has 2 nitrogen and oxygen atoms in total. The summed E-state index contributed by atoms with van der Waals surface area (Å²) in [6.45, 7) is 4.23. The first-order chi connectivity index (χ1) is 13.7. The molecule has 2 aromatic heterocycles. The van der Waals surface area contributed by atoms with Crippen LogP contribution in [-0.4, -0.2) is 9.97 Å². The molecule has 2 heterocycles. The lowest BCUT2D eigenvalue weighted by atomic mass is 10.0. The third-order valence-electron chi connectivity index (χ3n) is 5.25. The van der Waals surface area contributed by atoms with Crippen LogP contribution in [0.2, 0.25) is 0 Å². The van der Waals surface area contributed by atoms with E-state index in [0.29, 0.717) is 0 Å². The van der Waals surface area contributed by atoms with E-state index in [2.05, 4.69) is 98.8 Å². The van der Waals surface area contributed by atoms with Crippen molar-refractivity contribution in [2.75, 3.05) is 0 Å². The summed E-state index contributed by atoms with van der Waals surface area (Å²) in [6, 6.07) is 29.6. The Balaban J connectivity index is 1.76. The van der Waals surface area contributed by atoms with E-state index in [4.69, 9.17) is 9.97 Å². The molecule has 0 amide bonds. The van der Waals surface area contributed by atoms with Gasteiger partial charge in [-0.15, -0.1) is 0 Å². The van der Waals surface area contributed by atoms with Gasteiger partial charge in [-0.3, -0.25) is 0 Å². The monoisotopic (exact) mass is 360 g/mol. The Morgan fingerprint density at radius 1 is 0.571 bits per heavy atom. The molecule has 2 heteroatoms. The van der Waals surface area contributed by atoms with Crippen LogP contribution in [0.4, 0.5) is 0 Å². The van der Waals surface area contributed by atoms with Crippen molar-refractivity contribution in [3.8, 4) is 22.5 Å². The number of hydrogen-bond donors (Lipinski definition) is 0. The largest absolute Gasteiger partial charge is 0.245 e. The summed E-state index contributed by atoms with van der Waals surface area (Å²) in [5.41, 5.74) is 8.62. The van der Waals surface area contributed by atoms with Crippen LogP contribution in [-0.2, 0) is 0 Å². The summed E-state index contributed by atoms with van der Waals surface area (Å²) < 4.78 is 0. The molecule has 0 saturated heterocycles. The second kappa shape index (κ2) is 6.58. The predicted molar refractivity (Wildman–Crippen MR) is 117 cm³/mol. The molecule has 0 aliphatic rings. The van der Waals surface area contributed by atoms with Gasteiger partial charge in [0.1, 0.15) is 0 Å². The Morgan fingerprint density at radius 2 is 1.21 bits per heavy atom. The average molecular weight is 360 g/mol. The summed E-state index contributed by atoms with van der Waals surface area (Å²) in [6.07, 6.45) is 0. The summed E-state index contributed by atoms with van der Waals surface area (Å²) in [7, 11) is 0. The van der Waals surface area contributed by atoms with Crippen molar-refractivity contribution >= 4 is 21.8 Å². The van der Waals surface area contributed by atoms with E-state index in [1.165, 1.54) is 11.1 Å². The first-order valence-corrected chi connectivity index (χ1v) is 9.53. The molecular formula is C26H20N2. The van der Waals surface area contributed by atoms with Crippen molar-refractivity contribution in [2.24, 2.45) is 0 Å². The molecule has 3 aromatic carbocycles. The number of rotatable bonds is 2.